The molecule has 17 heavy (non-hydrogen) atoms. The van der Waals surface area contributed by atoms with Crippen LogP contribution in [0.25, 0.3) is 11.6 Å². The van der Waals surface area contributed by atoms with Crippen LogP contribution in [0.1, 0.15) is 19.0 Å². The third kappa shape index (κ3) is 2.79. The lowest BCUT2D eigenvalue weighted by atomic mass is 10.2. The van der Waals surface area contributed by atoms with Gasteiger partial charge in [0.2, 0.25) is 0 Å². The summed E-state index contributed by atoms with van der Waals surface area (Å²) in [6.07, 6.45) is 1.91. The molecule has 0 aliphatic carbocycles. The Hall–Kier alpha value is -0.630. The molecule has 2 aromatic heterocycles. The Bertz CT molecular complexity index is 542. The van der Waals surface area contributed by atoms with Crippen molar-refractivity contribution in [3.8, 4) is 11.6 Å². The topological polar surface area (TPSA) is 64.9 Å². The molecule has 0 radical (unpaired) electrons. The number of nitrogen functional groups attached to an aromatic ring is 1. The number of halogens is 2. The van der Waals surface area contributed by atoms with Crippen LogP contribution >= 0.6 is 38.5 Å². The van der Waals surface area contributed by atoms with Crippen molar-refractivity contribution in [2.24, 2.45) is 0 Å². The van der Waals surface area contributed by atoms with Crippen LogP contribution in [0.3, 0.4) is 0 Å². The molecule has 0 fully saturated rings. The predicted molar refractivity (Wildman–Crippen MR) is 78.6 cm³/mol. The fourth-order valence-corrected chi connectivity index (χ4v) is 2.28. The standard InChI is InChI=1S/C11H11BrIN3O/c1-2-3-6-9(13)10(14)16-11(15-6)7-4-5-8(12)17-7/h4-5H,2-3H2,1H3,(H2,14,15,16). The van der Waals surface area contributed by atoms with E-state index in [1.54, 1.807) is 0 Å². The Kier molecular flexibility index (Phi) is 4.03. The number of anilines is 1. The minimum Gasteiger partial charge on any atom is -0.446 e. The average molecular weight is 408 g/mol. The predicted octanol–water partition coefficient (Wildman–Crippen LogP) is 3.64. The highest BCUT2D eigenvalue weighted by Gasteiger charge is 2.13. The van der Waals surface area contributed by atoms with E-state index in [0.717, 1.165) is 22.1 Å². The molecule has 6 heteroatoms. The van der Waals surface area contributed by atoms with Gasteiger partial charge in [-0.1, -0.05) is 13.3 Å². The first kappa shape index (κ1) is 12.8. The van der Waals surface area contributed by atoms with Crippen molar-refractivity contribution in [1.29, 1.82) is 0 Å². The van der Waals surface area contributed by atoms with E-state index in [0.29, 0.717) is 22.1 Å². The van der Waals surface area contributed by atoms with Gasteiger partial charge >= 0.3 is 0 Å². The molecule has 2 rings (SSSR count). The van der Waals surface area contributed by atoms with E-state index >= 15 is 0 Å². The van der Waals surface area contributed by atoms with Gasteiger partial charge in [-0.15, -0.1) is 0 Å². The summed E-state index contributed by atoms with van der Waals surface area (Å²) in [7, 11) is 0. The summed E-state index contributed by atoms with van der Waals surface area (Å²) in [5, 5.41) is 0. The van der Waals surface area contributed by atoms with Gasteiger partial charge in [0, 0.05) is 0 Å². The zero-order chi connectivity index (χ0) is 12.4. The van der Waals surface area contributed by atoms with E-state index in [4.69, 9.17) is 10.2 Å². The van der Waals surface area contributed by atoms with Crippen LogP contribution in [0.4, 0.5) is 5.82 Å². The number of hydrogen-bond donors (Lipinski definition) is 1. The summed E-state index contributed by atoms with van der Waals surface area (Å²) in [6, 6.07) is 3.63. The smallest absolute Gasteiger partial charge is 0.197 e. The molecule has 0 aliphatic rings. The molecule has 90 valence electrons. The van der Waals surface area contributed by atoms with Crippen molar-refractivity contribution in [1.82, 2.24) is 9.97 Å². The van der Waals surface area contributed by atoms with Gasteiger partial charge < -0.3 is 10.2 Å². The number of rotatable bonds is 3. The summed E-state index contributed by atoms with van der Waals surface area (Å²) in [5.74, 6) is 1.67. The van der Waals surface area contributed by atoms with Gasteiger partial charge in [-0.2, -0.15) is 0 Å². The highest BCUT2D eigenvalue weighted by atomic mass is 127. The quantitative estimate of drug-likeness (QED) is 0.789. The number of aryl methyl sites for hydroxylation is 1. The fraction of sp³-hybridized carbons (Fsp3) is 0.273. The van der Waals surface area contributed by atoms with Crippen molar-refractivity contribution in [3.63, 3.8) is 0 Å². The monoisotopic (exact) mass is 407 g/mol. The molecule has 2 aromatic rings. The summed E-state index contributed by atoms with van der Waals surface area (Å²) >= 11 is 5.44. The Morgan fingerprint density at radius 1 is 1.41 bits per heavy atom. The second-order valence-corrected chi connectivity index (χ2v) is 5.41. The Morgan fingerprint density at radius 3 is 2.76 bits per heavy atom. The van der Waals surface area contributed by atoms with E-state index in [9.17, 15) is 0 Å². The van der Waals surface area contributed by atoms with Crippen molar-refractivity contribution in [2.75, 3.05) is 5.73 Å². The van der Waals surface area contributed by atoms with Crippen LogP contribution in [0.5, 0.6) is 0 Å². The number of aromatic nitrogens is 2. The van der Waals surface area contributed by atoms with Crippen LogP contribution in [0.2, 0.25) is 0 Å². The number of hydrogen-bond acceptors (Lipinski definition) is 4. The van der Waals surface area contributed by atoms with E-state index < -0.39 is 0 Å². The molecule has 0 aliphatic heterocycles. The van der Waals surface area contributed by atoms with Crippen LogP contribution in [0.15, 0.2) is 21.2 Å². The molecule has 2 N–H and O–H groups in total. The third-order valence-electron chi connectivity index (χ3n) is 2.23. The number of nitrogens with zero attached hydrogens (tertiary/aromatic N) is 2. The third-order valence-corrected chi connectivity index (χ3v) is 3.83. The van der Waals surface area contributed by atoms with Gasteiger partial charge in [0.25, 0.3) is 0 Å². The van der Waals surface area contributed by atoms with Crippen molar-refractivity contribution in [2.45, 2.75) is 19.8 Å². The summed E-state index contributed by atoms with van der Waals surface area (Å²) in [5.41, 5.74) is 6.86. The van der Waals surface area contributed by atoms with Gasteiger partial charge in [0.1, 0.15) is 5.82 Å². The highest BCUT2D eigenvalue weighted by molar-refractivity contribution is 14.1. The molecule has 0 saturated carbocycles. The molecule has 0 saturated heterocycles. The maximum absolute atomic E-state index is 5.88. The van der Waals surface area contributed by atoms with E-state index in [1.807, 2.05) is 12.1 Å². The van der Waals surface area contributed by atoms with Gasteiger partial charge in [-0.05, 0) is 57.1 Å². The minimum atomic E-state index is 0.506. The first-order chi connectivity index (χ1) is 8.11. The number of furan rings is 1. The first-order valence-corrected chi connectivity index (χ1v) is 7.06. The molecule has 0 atom stereocenters. The Morgan fingerprint density at radius 2 is 2.18 bits per heavy atom. The lowest BCUT2D eigenvalue weighted by molar-refractivity contribution is 0.551. The normalized spacial score (nSPS) is 10.8. The second kappa shape index (κ2) is 5.34. The van der Waals surface area contributed by atoms with Crippen LogP contribution in [-0.2, 0) is 6.42 Å². The number of nitrogens with two attached hydrogens (primary N) is 1. The first-order valence-electron chi connectivity index (χ1n) is 5.19. The molecule has 0 unspecified atom stereocenters. The largest absolute Gasteiger partial charge is 0.446 e. The molecule has 0 bridgehead atoms. The second-order valence-electron chi connectivity index (χ2n) is 3.55. The SMILES string of the molecule is CCCc1nc(-c2ccc(Br)o2)nc(N)c1I. The molecular weight excluding hydrogens is 397 g/mol. The van der Waals surface area contributed by atoms with Crippen molar-refractivity contribution in [3.05, 3.63) is 26.1 Å². The van der Waals surface area contributed by atoms with E-state index in [1.165, 1.54) is 0 Å². The highest BCUT2D eigenvalue weighted by Crippen LogP contribution is 2.26. The maximum Gasteiger partial charge on any atom is 0.197 e. The fourth-order valence-electron chi connectivity index (χ4n) is 1.46. The van der Waals surface area contributed by atoms with Gasteiger partial charge in [0.05, 0.1) is 9.26 Å². The average Bonchev–Trinajstić information content (AvgIpc) is 2.71. The van der Waals surface area contributed by atoms with Crippen LogP contribution < -0.4 is 5.73 Å². The summed E-state index contributed by atoms with van der Waals surface area (Å²) in [4.78, 5) is 8.74. The van der Waals surface area contributed by atoms with Crippen molar-refractivity contribution >= 4 is 44.3 Å². The van der Waals surface area contributed by atoms with Gasteiger partial charge in [-0.3, -0.25) is 0 Å². The lowest BCUT2D eigenvalue weighted by Gasteiger charge is -2.06. The molecule has 2 heterocycles. The molecule has 0 amide bonds. The molecule has 0 spiro atoms. The van der Waals surface area contributed by atoms with Crippen molar-refractivity contribution < 1.29 is 4.42 Å². The van der Waals surface area contributed by atoms with Gasteiger partial charge in [-0.25, -0.2) is 9.97 Å². The van der Waals surface area contributed by atoms with Gasteiger partial charge in [0.15, 0.2) is 16.3 Å². The Labute approximate surface area is 121 Å². The van der Waals surface area contributed by atoms with E-state index in [2.05, 4.69) is 55.4 Å². The zero-order valence-corrected chi connectivity index (χ0v) is 12.9. The minimum absolute atomic E-state index is 0.506. The maximum atomic E-state index is 5.88. The molecular formula is C11H11BrIN3O. The summed E-state index contributed by atoms with van der Waals surface area (Å²) < 4.78 is 7.02. The molecule has 0 aromatic carbocycles. The molecule has 4 nitrogen and oxygen atoms in total. The van der Waals surface area contributed by atoms with Crippen LogP contribution in [-0.4, -0.2) is 9.97 Å². The zero-order valence-electron chi connectivity index (χ0n) is 9.20. The van der Waals surface area contributed by atoms with E-state index in [-0.39, 0.29) is 0 Å². The Balaban J connectivity index is 2.48. The lowest BCUT2D eigenvalue weighted by Crippen LogP contribution is -2.04. The van der Waals surface area contributed by atoms with Crippen LogP contribution in [0, 0.1) is 3.57 Å². The summed E-state index contributed by atoms with van der Waals surface area (Å²) in [6.45, 7) is 2.11.